The third-order valence-electron chi connectivity index (χ3n) is 12.4. The van der Waals surface area contributed by atoms with E-state index in [4.69, 9.17) is 15.4 Å². The molecule has 11 aromatic carbocycles. The molecule has 0 saturated carbocycles. The first-order chi connectivity index (χ1) is 38.7. The van der Waals surface area contributed by atoms with Crippen LogP contribution in [-0.2, 0) is 0 Å². The third-order valence-corrected chi connectivity index (χ3v) is 12.4. The van der Waals surface area contributed by atoms with Crippen molar-refractivity contribution in [3.05, 3.63) is 254 Å². The monoisotopic (exact) mass is 867 g/mol. The highest BCUT2D eigenvalue weighted by atomic mass is 16.3. The predicted molar refractivity (Wildman–Crippen MR) is 282 cm³/mol. The number of para-hydroxylation sites is 4. The van der Waals surface area contributed by atoms with Crippen molar-refractivity contribution in [3.63, 3.8) is 0 Å². The van der Waals surface area contributed by atoms with Crippen LogP contribution in [0.3, 0.4) is 0 Å². The van der Waals surface area contributed by atoms with Crippen LogP contribution in [0.5, 0.6) is 0 Å². The average Bonchev–Trinajstić information content (AvgIpc) is 4.22. The highest BCUT2D eigenvalue weighted by Crippen LogP contribution is 2.42. The molecule has 0 N–H and O–H groups in total. The Labute approximate surface area is 406 Å². The lowest BCUT2D eigenvalue weighted by Gasteiger charge is -2.26. The molecule has 0 aliphatic heterocycles. The number of aromatic nitrogens is 1. The van der Waals surface area contributed by atoms with E-state index in [1.54, 1.807) is 4.90 Å². The van der Waals surface area contributed by atoms with Crippen molar-refractivity contribution in [2.75, 3.05) is 4.90 Å². The van der Waals surface area contributed by atoms with E-state index in [0.29, 0.717) is 11.4 Å². The van der Waals surface area contributed by atoms with Gasteiger partial charge in [0.25, 0.3) is 0 Å². The van der Waals surface area contributed by atoms with Gasteiger partial charge >= 0.3 is 0 Å². The van der Waals surface area contributed by atoms with E-state index >= 15 is 0 Å². The zero-order valence-electron chi connectivity index (χ0n) is 48.5. The van der Waals surface area contributed by atoms with Gasteiger partial charge in [-0.1, -0.05) is 194 Å². The molecule has 0 unspecified atom stereocenters. The highest BCUT2D eigenvalue weighted by molar-refractivity contribution is 6.17. The second-order valence-electron chi connectivity index (χ2n) is 16.2. The standard InChI is InChI=1S/C64H42N2O/c1-2-13-43(14-3-1)44-25-27-45(28-26-44)46-29-36-50(37-30-46)65(52-40-33-49(34-41-52)55-20-12-21-58-59-42-35-47-15-4-5-17-54(47)64(59)67-63(55)58)51-38-31-48(32-39-51)53-16-6-9-22-60(53)66-61-23-10-7-18-56(61)57-19-8-11-24-62(57)66/h1-42H/i4D,5D,12D,15D,17D,20D,21D,33D,34D,35D,40D,41D,42D. The summed E-state index contributed by atoms with van der Waals surface area (Å²) in [5.74, 6) is 0. The van der Waals surface area contributed by atoms with Crippen LogP contribution in [0.25, 0.3) is 105 Å². The number of benzene rings is 11. The smallest absolute Gasteiger partial charge is 0.143 e. The second-order valence-corrected chi connectivity index (χ2v) is 16.2. The normalized spacial score (nSPS) is 14.3. The van der Waals surface area contributed by atoms with E-state index < -0.39 is 84.1 Å². The second kappa shape index (κ2) is 16.0. The molecule has 0 atom stereocenters. The lowest BCUT2D eigenvalue weighted by Crippen LogP contribution is -2.09. The van der Waals surface area contributed by atoms with E-state index in [1.807, 2.05) is 115 Å². The Kier molecular flexibility index (Phi) is 6.53. The third kappa shape index (κ3) is 6.59. The zero-order chi connectivity index (χ0) is 55.6. The molecule has 3 heteroatoms. The van der Waals surface area contributed by atoms with Gasteiger partial charge in [-0.25, -0.2) is 0 Å². The maximum atomic E-state index is 9.83. The maximum absolute atomic E-state index is 9.83. The summed E-state index contributed by atoms with van der Waals surface area (Å²) >= 11 is 0. The molecule has 2 heterocycles. The van der Waals surface area contributed by atoms with Crippen molar-refractivity contribution in [2.24, 2.45) is 0 Å². The molecule has 314 valence electrons. The topological polar surface area (TPSA) is 21.3 Å². The molecule has 2 aromatic heterocycles. The number of fused-ring (bicyclic) bond motifs is 8. The largest absolute Gasteiger partial charge is 0.455 e. The summed E-state index contributed by atoms with van der Waals surface area (Å²) < 4.78 is 127. The fraction of sp³-hybridized carbons (Fsp3) is 0. The molecule has 13 rings (SSSR count). The zero-order valence-corrected chi connectivity index (χ0v) is 35.5. The number of anilines is 3. The number of hydrogen-bond acceptors (Lipinski definition) is 2. The van der Waals surface area contributed by atoms with Crippen LogP contribution in [0.15, 0.2) is 259 Å². The Hall–Kier alpha value is -8.92. The van der Waals surface area contributed by atoms with Crippen molar-refractivity contribution in [1.82, 2.24) is 4.57 Å². The SMILES string of the molecule is [2H]c1c([2H])c(N(c2ccc(-c3ccc(-c4ccccc4)cc3)cc2)c2ccc(-c3ccccc3-n3c4ccccc4c4ccccc43)cc2)c([2H])c([2H])c1-c1c([2H])c([2H])c([2H])c2c1oc1c3c([2H])c([2H])c([2H])c([2H])c3c([2H])c([2H])c12. The molecule has 3 nitrogen and oxygen atoms in total. The van der Waals surface area contributed by atoms with Crippen molar-refractivity contribution in [3.8, 4) is 50.2 Å². The van der Waals surface area contributed by atoms with Crippen molar-refractivity contribution in [1.29, 1.82) is 0 Å². The Morgan fingerprint density at radius 1 is 0.328 bits per heavy atom. The van der Waals surface area contributed by atoms with Crippen LogP contribution in [0.2, 0.25) is 0 Å². The fourth-order valence-electron chi connectivity index (χ4n) is 9.24. The summed E-state index contributed by atoms with van der Waals surface area (Å²) in [4.78, 5) is 1.65. The van der Waals surface area contributed by atoms with Crippen LogP contribution in [0.1, 0.15) is 17.8 Å². The van der Waals surface area contributed by atoms with E-state index in [-0.39, 0.29) is 44.0 Å². The van der Waals surface area contributed by atoms with Crippen molar-refractivity contribution < 1.29 is 22.2 Å². The average molecular weight is 868 g/mol. The summed E-state index contributed by atoms with van der Waals surface area (Å²) in [6.07, 6.45) is 0. The van der Waals surface area contributed by atoms with E-state index in [2.05, 4.69) is 65.2 Å². The van der Waals surface area contributed by atoms with Gasteiger partial charge in [-0.2, -0.15) is 0 Å². The lowest BCUT2D eigenvalue weighted by molar-refractivity contribution is 0.674. The molecule has 67 heavy (non-hydrogen) atoms. The van der Waals surface area contributed by atoms with Crippen LogP contribution in [0, 0.1) is 0 Å². The van der Waals surface area contributed by atoms with Crippen LogP contribution < -0.4 is 4.90 Å². The molecule has 0 radical (unpaired) electrons. The van der Waals surface area contributed by atoms with E-state index in [9.17, 15) is 6.85 Å². The first kappa shape index (κ1) is 27.4. The quantitative estimate of drug-likeness (QED) is 0.152. The summed E-state index contributed by atoms with van der Waals surface area (Å²) in [6, 6.07) is 50.4. The summed E-state index contributed by atoms with van der Waals surface area (Å²) in [7, 11) is 0. The minimum atomic E-state index is -0.687. The van der Waals surface area contributed by atoms with Gasteiger partial charge in [0.05, 0.1) is 34.5 Å². The first-order valence-corrected chi connectivity index (χ1v) is 21.9. The number of hydrogen-bond donors (Lipinski definition) is 0. The summed E-state index contributed by atoms with van der Waals surface area (Å²) in [6.45, 7) is 0. The van der Waals surface area contributed by atoms with Gasteiger partial charge in [0.2, 0.25) is 0 Å². The Balaban J connectivity index is 0.993. The number of rotatable bonds is 8. The van der Waals surface area contributed by atoms with Gasteiger partial charge in [0.1, 0.15) is 11.2 Å². The minimum Gasteiger partial charge on any atom is -0.455 e. The fourth-order valence-corrected chi connectivity index (χ4v) is 9.24. The van der Waals surface area contributed by atoms with Gasteiger partial charge in [-0.3, -0.25) is 0 Å². The Bertz CT molecular complexity index is 4650. The molecule has 0 aliphatic carbocycles. The molecule has 0 bridgehead atoms. The predicted octanol–water partition coefficient (Wildman–Crippen LogP) is 18.0. The summed E-state index contributed by atoms with van der Waals surface area (Å²) in [5.41, 5.74) is 8.21. The Morgan fingerprint density at radius 2 is 0.866 bits per heavy atom. The van der Waals surface area contributed by atoms with Crippen LogP contribution in [-0.4, -0.2) is 4.57 Å². The number of furan rings is 1. The molecule has 13 aromatic rings. The number of nitrogens with zero attached hydrogens (tertiary/aromatic N) is 2. The molecule has 0 aliphatic rings. The summed E-state index contributed by atoms with van der Waals surface area (Å²) in [5, 5.41) is 1.21. The lowest BCUT2D eigenvalue weighted by atomic mass is 9.99. The maximum Gasteiger partial charge on any atom is 0.143 e. The molecule has 0 saturated heterocycles. The van der Waals surface area contributed by atoms with Gasteiger partial charge in [0, 0.05) is 55.1 Å². The molecular weight excluding hydrogens is 813 g/mol. The highest BCUT2D eigenvalue weighted by Gasteiger charge is 2.19. The van der Waals surface area contributed by atoms with Crippen LogP contribution >= 0.6 is 0 Å². The molecule has 0 amide bonds. The van der Waals surface area contributed by atoms with Gasteiger partial charge in [-0.15, -0.1) is 0 Å². The molecule has 0 spiro atoms. The van der Waals surface area contributed by atoms with Crippen LogP contribution in [0.4, 0.5) is 17.1 Å². The van der Waals surface area contributed by atoms with Crippen molar-refractivity contribution >= 4 is 71.6 Å². The Morgan fingerprint density at radius 3 is 1.55 bits per heavy atom. The molecular formula is C64H42N2O. The first-order valence-electron chi connectivity index (χ1n) is 28.4. The van der Waals surface area contributed by atoms with Crippen molar-refractivity contribution in [2.45, 2.75) is 0 Å². The van der Waals surface area contributed by atoms with E-state index in [1.165, 1.54) is 0 Å². The van der Waals surface area contributed by atoms with E-state index in [0.717, 1.165) is 60.9 Å². The van der Waals surface area contributed by atoms with Gasteiger partial charge in [-0.05, 0) is 99.4 Å². The van der Waals surface area contributed by atoms with Gasteiger partial charge in [0.15, 0.2) is 0 Å². The minimum absolute atomic E-state index is 0.132. The van der Waals surface area contributed by atoms with Gasteiger partial charge < -0.3 is 13.9 Å². The molecule has 0 fully saturated rings.